The highest BCUT2D eigenvalue weighted by atomic mass is 19.3. The highest BCUT2D eigenvalue weighted by Crippen LogP contribution is 2.28. The number of aliphatic carboxylic acids is 1. The Bertz CT molecular complexity index is 347. The molecule has 0 saturated carbocycles. The predicted molar refractivity (Wildman–Crippen MR) is 44.1 cm³/mol. The van der Waals surface area contributed by atoms with Gasteiger partial charge in [0.05, 0.1) is 0 Å². The Hall–Kier alpha value is -1.46. The van der Waals surface area contributed by atoms with Crippen molar-refractivity contribution in [1.29, 1.82) is 0 Å². The van der Waals surface area contributed by atoms with E-state index in [1.807, 2.05) is 0 Å². The molecule has 1 N–H and O–H groups in total. The molecule has 0 unspecified atom stereocenters. The van der Waals surface area contributed by atoms with Crippen molar-refractivity contribution >= 4 is 5.97 Å². The summed E-state index contributed by atoms with van der Waals surface area (Å²) in [7, 11) is 0. The summed E-state index contributed by atoms with van der Waals surface area (Å²) in [5.41, 5.74) is 0. The minimum atomic E-state index is -3.94. The van der Waals surface area contributed by atoms with Gasteiger partial charge in [0.15, 0.2) is 5.82 Å². The van der Waals surface area contributed by atoms with E-state index in [4.69, 9.17) is 5.11 Å². The number of imidazole rings is 1. The molecule has 0 spiro atoms. The molecule has 4 nitrogen and oxygen atoms in total. The van der Waals surface area contributed by atoms with Crippen LogP contribution in [0.25, 0.3) is 0 Å². The van der Waals surface area contributed by atoms with Crippen LogP contribution in [0.2, 0.25) is 0 Å². The highest BCUT2D eigenvalue weighted by molar-refractivity contribution is 5.76. The van der Waals surface area contributed by atoms with Crippen LogP contribution in [0.5, 0.6) is 0 Å². The molecule has 0 aromatic carbocycles. The van der Waals surface area contributed by atoms with E-state index in [1.54, 1.807) is 13.8 Å². The molecule has 0 fully saturated rings. The van der Waals surface area contributed by atoms with E-state index in [1.165, 1.54) is 6.20 Å². The topological polar surface area (TPSA) is 55.1 Å². The van der Waals surface area contributed by atoms with Crippen molar-refractivity contribution in [3.63, 3.8) is 0 Å². The quantitative estimate of drug-likeness (QED) is 0.814. The van der Waals surface area contributed by atoms with Gasteiger partial charge in [-0.15, -0.1) is 0 Å². The summed E-state index contributed by atoms with van der Waals surface area (Å²) < 4.78 is 27.2. The normalized spacial score (nSPS) is 12.1. The van der Waals surface area contributed by atoms with Gasteiger partial charge in [-0.25, -0.2) is 9.78 Å². The lowest BCUT2D eigenvalue weighted by Gasteiger charge is -2.15. The number of aromatic nitrogens is 2. The largest absolute Gasteiger partial charge is 0.476 e. The van der Waals surface area contributed by atoms with Crippen molar-refractivity contribution < 1.29 is 18.7 Å². The van der Waals surface area contributed by atoms with Crippen molar-refractivity contribution in [3.05, 3.63) is 18.2 Å². The molecule has 0 aliphatic carbocycles. The van der Waals surface area contributed by atoms with E-state index in [0.29, 0.717) is 0 Å². The summed E-state index contributed by atoms with van der Waals surface area (Å²) in [6.07, 6.45) is 2.49. The van der Waals surface area contributed by atoms with Crippen LogP contribution in [0.1, 0.15) is 25.7 Å². The first-order chi connectivity index (χ1) is 6.37. The van der Waals surface area contributed by atoms with E-state index in [2.05, 4.69) is 4.98 Å². The van der Waals surface area contributed by atoms with Crippen molar-refractivity contribution in [1.82, 2.24) is 9.55 Å². The van der Waals surface area contributed by atoms with Crippen LogP contribution in [0.4, 0.5) is 8.78 Å². The van der Waals surface area contributed by atoms with Crippen molar-refractivity contribution in [2.45, 2.75) is 25.8 Å². The fourth-order valence-electron chi connectivity index (χ4n) is 1.07. The van der Waals surface area contributed by atoms with E-state index in [0.717, 1.165) is 10.8 Å². The molecule has 0 amide bonds. The van der Waals surface area contributed by atoms with Gasteiger partial charge in [-0.2, -0.15) is 8.78 Å². The first kappa shape index (κ1) is 10.6. The molecule has 78 valence electrons. The Labute approximate surface area is 79.2 Å². The van der Waals surface area contributed by atoms with Crippen molar-refractivity contribution in [2.24, 2.45) is 0 Å². The third-order valence-corrected chi connectivity index (χ3v) is 1.77. The lowest BCUT2D eigenvalue weighted by atomic mass is 10.3. The molecule has 1 aromatic rings. The third kappa shape index (κ3) is 1.59. The molecular formula is C8H10F2N2O2. The Morgan fingerprint density at radius 3 is 2.64 bits per heavy atom. The van der Waals surface area contributed by atoms with Gasteiger partial charge < -0.3 is 9.67 Å². The van der Waals surface area contributed by atoms with Gasteiger partial charge in [0.2, 0.25) is 0 Å². The molecule has 1 rings (SSSR count). The standard InChI is InChI=1S/C8H10F2N2O2/c1-5(2)12-4-3-11-6(12)8(9,10)7(13)14/h3-5H,1-2H3,(H,13,14). The van der Waals surface area contributed by atoms with Crippen LogP contribution in [-0.4, -0.2) is 20.6 Å². The van der Waals surface area contributed by atoms with Gasteiger partial charge in [0, 0.05) is 18.4 Å². The molecule has 1 heterocycles. The minimum absolute atomic E-state index is 0.252. The summed E-state index contributed by atoms with van der Waals surface area (Å²) in [5, 5.41) is 8.32. The number of carbonyl (C=O) groups is 1. The van der Waals surface area contributed by atoms with Crippen LogP contribution in [0.15, 0.2) is 12.4 Å². The number of alkyl halides is 2. The zero-order chi connectivity index (χ0) is 10.9. The Morgan fingerprint density at radius 1 is 1.64 bits per heavy atom. The van der Waals surface area contributed by atoms with E-state index < -0.39 is 17.7 Å². The average Bonchev–Trinajstić information content (AvgIpc) is 2.51. The summed E-state index contributed by atoms with van der Waals surface area (Å²) in [6.45, 7) is 3.34. The average molecular weight is 204 g/mol. The number of rotatable bonds is 3. The third-order valence-electron chi connectivity index (χ3n) is 1.77. The highest BCUT2D eigenvalue weighted by Gasteiger charge is 2.45. The zero-order valence-corrected chi connectivity index (χ0v) is 7.74. The number of carboxylic acids is 1. The SMILES string of the molecule is CC(C)n1ccnc1C(F)(F)C(=O)O. The monoisotopic (exact) mass is 204 g/mol. The second kappa shape index (κ2) is 3.36. The minimum Gasteiger partial charge on any atom is -0.476 e. The van der Waals surface area contributed by atoms with Crippen molar-refractivity contribution in [3.8, 4) is 0 Å². The van der Waals surface area contributed by atoms with E-state index >= 15 is 0 Å². The fraction of sp³-hybridized carbons (Fsp3) is 0.500. The molecule has 14 heavy (non-hydrogen) atoms. The summed E-state index contributed by atoms with van der Waals surface area (Å²) in [6, 6.07) is -0.252. The molecule has 0 aliphatic rings. The first-order valence-electron chi connectivity index (χ1n) is 4.02. The van der Waals surface area contributed by atoms with Gasteiger partial charge in [0.1, 0.15) is 0 Å². The smallest absolute Gasteiger partial charge is 0.399 e. The van der Waals surface area contributed by atoms with Crippen LogP contribution in [0, 0.1) is 0 Å². The van der Waals surface area contributed by atoms with Gasteiger partial charge in [-0.3, -0.25) is 0 Å². The molecule has 0 atom stereocenters. The molecule has 6 heteroatoms. The van der Waals surface area contributed by atoms with Crippen molar-refractivity contribution in [2.75, 3.05) is 0 Å². The van der Waals surface area contributed by atoms with Gasteiger partial charge in [-0.1, -0.05) is 0 Å². The lowest BCUT2D eigenvalue weighted by Crippen LogP contribution is -2.29. The maximum absolute atomic E-state index is 13.0. The second-order valence-electron chi connectivity index (χ2n) is 3.13. The Kier molecular flexibility index (Phi) is 2.55. The van der Waals surface area contributed by atoms with E-state index in [-0.39, 0.29) is 6.04 Å². The Balaban J connectivity index is 3.18. The number of hydrogen-bond acceptors (Lipinski definition) is 2. The molecule has 0 saturated heterocycles. The molecule has 1 aromatic heterocycles. The number of carboxylic acid groups (broad SMARTS) is 1. The van der Waals surface area contributed by atoms with Gasteiger partial charge in [-0.05, 0) is 13.8 Å². The summed E-state index contributed by atoms with van der Waals surface area (Å²) >= 11 is 0. The summed E-state index contributed by atoms with van der Waals surface area (Å²) in [5.74, 6) is -6.86. The fourth-order valence-corrected chi connectivity index (χ4v) is 1.07. The lowest BCUT2D eigenvalue weighted by molar-refractivity contribution is -0.168. The van der Waals surface area contributed by atoms with Crippen LogP contribution in [0.3, 0.4) is 0 Å². The van der Waals surface area contributed by atoms with Gasteiger partial charge in [0.25, 0.3) is 0 Å². The maximum atomic E-state index is 13.0. The first-order valence-corrected chi connectivity index (χ1v) is 4.02. The molecule has 0 bridgehead atoms. The number of halogens is 2. The van der Waals surface area contributed by atoms with Crippen LogP contribution in [-0.2, 0) is 10.7 Å². The molecular weight excluding hydrogens is 194 g/mol. The predicted octanol–water partition coefficient (Wildman–Crippen LogP) is 1.64. The molecule has 0 aliphatic heterocycles. The van der Waals surface area contributed by atoms with Gasteiger partial charge >= 0.3 is 11.9 Å². The number of hydrogen-bond donors (Lipinski definition) is 1. The maximum Gasteiger partial charge on any atom is 0.399 e. The summed E-state index contributed by atoms with van der Waals surface area (Å²) in [4.78, 5) is 13.7. The van der Waals surface area contributed by atoms with Crippen LogP contribution < -0.4 is 0 Å². The molecule has 0 radical (unpaired) electrons. The van der Waals surface area contributed by atoms with E-state index in [9.17, 15) is 13.6 Å². The Morgan fingerprint density at radius 2 is 2.21 bits per heavy atom. The number of nitrogens with zero attached hydrogens (tertiary/aromatic N) is 2. The van der Waals surface area contributed by atoms with Crippen LogP contribution >= 0.6 is 0 Å². The zero-order valence-electron chi connectivity index (χ0n) is 7.74. The second-order valence-corrected chi connectivity index (χ2v) is 3.13.